The summed E-state index contributed by atoms with van der Waals surface area (Å²) in [5, 5.41) is 22.3. The van der Waals surface area contributed by atoms with E-state index in [2.05, 4.69) is 47.2 Å². The molecule has 0 bridgehead atoms. The smallest absolute Gasteiger partial charge is 0.333 e. The number of aliphatic hydroxyl groups is 1. The number of aliphatic hydroxyl groups excluding tert-OH is 1. The highest BCUT2D eigenvalue weighted by Gasteiger charge is 2.44. The molecular weight excluding hydrogens is 606 g/mol. The van der Waals surface area contributed by atoms with Crippen molar-refractivity contribution >= 4 is 44.5 Å². The number of carbonyl (C=O) groups excluding carboxylic acids is 1. The van der Waals surface area contributed by atoms with Crippen LogP contribution in [-0.4, -0.2) is 64.0 Å². The van der Waals surface area contributed by atoms with Crippen LogP contribution in [0.4, 0.5) is 10.2 Å². The van der Waals surface area contributed by atoms with Crippen LogP contribution >= 0.6 is 22.6 Å². The van der Waals surface area contributed by atoms with Gasteiger partial charge in [-0.05, 0) is 59.7 Å². The van der Waals surface area contributed by atoms with E-state index in [0.717, 1.165) is 14.8 Å². The predicted octanol–water partition coefficient (Wildman–Crippen LogP) is 1.58. The highest BCUT2D eigenvalue weighted by atomic mass is 127. The largest absolute Gasteiger partial charge is 0.390 e. The van der Waals surface area contributed by atoms with Gasteiger partial charge in [0, 0.05) is 21.4 Å². The van der Waals surface area contributed by atoms with E-state index in [1.54, 1.807) is 10.7 Å². The molecule has 3 aromatic rings. The SMILES string of the molecule is Cc1cc(C(=O)c2cncnc2N[C@@H]2C[C@H](COS(N)(=O)=O)[C@@H](O)[C@@H]2F)nn1Cc1cccc(I)c1. The van der Waals surface area contributed by atoms with Gasteiger partial charge in [0.2, 0.25) is 5.78 Å². The molecule has 11 nitrogen and oxygen atoms in total. The molecule has 0 spiro atoms. The van der Waals surface area contributed by atoms with E-state index < -0.39 is 46.9 Å². The molecule has 0 amide bonds. The van der Waals surface area contributed by atoms with Crippen LogP contribution in [0.5, 0.6) is 0 Å². The van der Waals surface area contributed by atoms with Crippen molar-refractivity contribution in [3.05, 3.63) is 68.9 Å². The Kier molecular flexibility index (Phi) is 7.99. The van der Waals surface area contributed by atoms with Crippen LogP contribution in [0.15, 0.2) is 42.9 Å². The fourth-order valence-electron chi connectivity index (χ4n) is 4.09. The van der Waals surface area contributed by atoms with Gasteiger partial charge >= 0.3 is 10.3 Å². The van der Waals surface area contributed by atoms with Gasteiger partial charge < -0.3 is 10.4 Å². The number of aryl methyl sites for hydroxylation is 1. The normalized spacial score (nSPS) is 22.0. The highest BCUT2D eigenvalue weighted by molar-refractivity contribution is 14.1. The third-order valence-electron chi connectivity index (χ3n) is 5.91. The zero-order valence-electron chi connectivity index (χ0n) is 19.1. The number of hydrogen-bond donors (Lipinski definition) is 3. The van der Waals surface area contributed by atoms with Crippen LogP contribution in [0.25, 0.3) is 0 Å². The van der Waals surface area contributed by atoms with Crippen molar-refractivity contribution < 1.29 is 26.9 Å². The molecule has 1 fully saturated rings. The summed E-state index contributed by atoms with van der Waals surface area (Å²) in [5.74, 6) is -1.20. The minimum absolute atomic E-state index is 0.0269. The molecule has 0 unspecified atom stereocenters. The Hall–Kier alpha value is -2.53. The first-order valence-electron chi connectivity index (χ1n) is 10.9. The first-order chi connectivity index (χ1) is 17.0. The number of rotatable bonds is 9. The highest BCUT2D eigenvalue weighted by Crippen LogP contribution is 2.32. The van der Waals surface area contributed by atoms with Crippen LogP contribution in [0.2, 0.25) is 0 Å². The first kappa shape index (κ1) is 26.5. The van der Waals surface area contributed by atoms with Gasteiger partial charge in [0.1, 0.15) is 24.0 Å². The maximum Gasteiger partial charge on any atom is 0.333 e. The summed E-state index contributed by atoms with van der Waals surface area (Å²) >= 11 is 2.23. The number of aromatic nitrogens is 4. The number of ketones is 1. The van der Waals surface area contributed by atoms with Crippen LogP contribution < -0.4 is 10.5 Å². The number of halogens is 2. The lowest BCUT2D eigenvalue weighted by Crippen LogP contribution is -2.33. The fraction of sp³-hybridized carbons (Fsp3) is 0.364. The summed E-state index contributed by atoms with van der Waals surface area (Å²) in [6.07, 6.45) is -0.692. The lowest BCUT2D eigenvalue weighted by molar-refractivity contribution is 0.0501. The van der Waals surface area contributed by atoms with Crippen LogP contribution in [0.3, 0.4) is 0 Å². The maximum absolute atomic E-state index is 14.8. The Morgan fingerprint density at radius 3 is 2.89 bits per heavy atom. The molecule has 2 heterocycles. The molecule has 0 radical (unpaired) electrons. The first-order valence-corrected chi connectivity index (χ1v) is 13.5. The molecule has 1 aliphatic carbocycles. The van der Waals surface area contributed by atoms with Crippen molar-refractivity contribution in [3.8, 4) is 0 Å². The molecule has 14 heteroatoms. The number of nitrogens with two attached hydrogens (primary N) is 1. The van der Waals surface area contributed by atoms with Gasteiger partial charge in [0.05, 0.1) is 30.9 Å². The van der Waals surface area contributed by atoms with E-state index in [9.17, 15) is 22.7 Å². The van der Waals surface area contributed by atoms with Gasteiger partial charge in [-0.15, -0.1) is 0 Å². The second-order valence-electron chi connectivity index (χ2n) is 8.53. The number of nitrogens with zero attached hydrogens (tertiary/aromatic N) is 4. The Morgan fingerprint density at radius 1 is 1.39 bits per heavy atom. The Morgan fingerprint density at radius 2 is 2.17 bits per heavy atom. The molecule has 1 saturated carbocycles. The van der Waals surface area contributed by atoms with Crippen LogP contribution in [0, 0.1) is 16.4 Å². The number of nitrogens with one attached hydrogen (secondary N) is 1. The minimum atomic E-state index is -4.23. The minimum Gasteiger partial charge on any atom is -0.390 e. The van der Waals surface area contributed by atoms with E-state index in [1.165, 1.54) is 12.5 Å². The van der Waals surface area contributed by atoms with Crippen molar-refractivity contribution in [2.75, 3.05) is 11.9 Å². The van der Waals surface area contributed by atoms with E-state index in [-0.39, 0.29) is 23.5 Å². The molecule has 4 rings (SSSR count). The molecule has 1 aliphatic rings. The number of hydrogen-bond acceptors (Lipinski definition) is 9. The molecule has 0 aliphatic heterocycles. The second-order valence-corrected chi connectivity index (χ2v) is 11.0. The Bertz CT molecular complexity index is 1370. The standard InChI is InChI=1S/C22H24FIN6O5S/c1-12-5-18(29-30(12)9-13-3-2-4-15(24)6-13)21(32)16-8-26-11-27-22(16)28-17-7-14(20(31)19(17)23)10-35-36(25,33)34/h2-6,8,11,14,17,19-20,31H,7,9-10H2,1H3,(H2,25,33,34)(H,26,27,28)/t14-,17-,19-,20-/m1/s1. The third kappa shape index (κ3) is 6.23. The lowest BCUT2D eigenvalue weighted by Gasteiger charge is -2.18. The van der Waals surface area contributed by atoms with Gasteiger partial charge in [-0.1, -0.05) is 12.1 Å². The van der Waals surface area contributed by atoms with Gasteiger partial charge in [-0.2, -0.15) is 13.5 Å². The lowest BCUT2D eigenvalue weighted by atomic mass is 10.1. The predicted molar refractivity (Wildman–Crippen MR) is 136 cm³/mol. The van der Waals surface area contributed by atoms with Gasteiger partial charge in [-0.25, -0.2) is 19.5 Å². The Labute approximate surface area is 220 Å². The monoisotopic (exact) mass is 630 g/mol. The summed E-state index contributed by atoms with van der Waals surface area (Å²) < 4.78 is 44.2. The molecule has 0 saturated heterocycles. The number of anilines is 1. The molecule has 4 N–H and O–H groups in total. The van der Waals surface area contributed by atoms with E-state index in [4.69, 9.17) is 5.14 Å². The van der Waals surface area contributed by atoms with E-state index >= 15 is 0 Å². The van der Waals surface area contributed by atoms with Crippen LogP contribution in [0.1, 0.15) is 33.7 Å². The Balaban J connectivity index is 1.51. The van der Waals surface area contributed by atoms with Crippen molar-refractivity contribution in [1.29, 1.82) is 0 Å². The van der Waals surface area contributed by atoms with Gasteiger partial charge in [0.15, 0.2) is 0 Å². The number of benzene rings is 1. The summed E-state index contributed by atoms with van der Waals surface area (Å²) in [6, 6.07) is 8.65. The van der Waals surface area contributed by atoms with Gasteiger partial charge in [0.25, 0.3) is 0 Å². The molecule has 2 aromatic heterocycles. The van der Waals surface area contributed by atoms with E-state index in [0.29, 0.717) is 6.54 Å². The topological polar surface area (TPSA) is 162 Å². The van der Waals surface area contributed by atoms with Crippen LogP contribution in [-0.2, 0) is 21.0 Å². The fourth-order valence-corrected chi connectivity index (χ4v) is 5.07. The van der Waals surface area contributed by atoms with E-state index in [1.807, 2.05) is 31.2 Å². The zero-order valence-corrected chi connectivity index (χ0v) is 22.1. The summed E-state index contributed by atoms with van der Waals surface area (Å²) in [6.45, 7) is 1.86. The summed E-state index contributed by atoms with van der Waals surface area (Å²) in [5.41, 5.74) is 2.08. The number of alkyl halides is 1. The molecule has 36 heavy (non-hydrogen) atoms. The number of carbonyl (C=O) groups is 1. The quantitative estimate of drug-likeness (QED) is 0.236. The summed E-state index contributed by atoms with van der Waals surface area (Å²) in [7, 11) is -4.23. The average Bonchev–Trinajstić information content (AvgIpc) is 3.31. The second kappa shape index (κ2) is 10.8. The average molecular weight is 630 g/mol. The van der Waals surface area contributed by atoms with Crippen molar-refractivity contribution in [2.24, 2.45) is 11.1 Å². The molecular formula is C22H24FIN6O5S. The molecule has 192 valence electrons. The zero-order chi connectivity index (χ0) is 26.0. The third-order valence-corrected chi connectivity index (χ3v) is 7.05. The van der Waals surface area contributed by atoms with Crippen molar-refractivity contribution in [3.63, 3.8) is 0 Å². The summed E-state index contributed by atoms with van der Waals surface area (Å²) in [4.78, 5) is 21.3. The molecule has 1 aromatic carbocycles. The van der Waals surface area contributed by atoms with Crippen molar-refractivity contribution in [1.82, 2.24) is 19.7 Å². The van der Waals surface area contributed by atoms with Crippen molar-refractivity contribution in [2.45, 2.75) is 38.2 Å². The van der Waals surface area contributed by atoms with Gasteiger partial charge in [-0.3, -0.25) is 13.7 Å². The maximum atomic E-state index is 14.8. The molecule has 4 atom stereocenters.